The summed E-state index contributed by atoms with van der Waals surface area (Å²) < 4.78 is 7.39. The molecule has 1 fully saturated rings. The molecule has 0 radical (unpaired) electrons. The molecule has 0 spiro atoms. The number of carbonyl (C=O) groups is 1. The Labute approximate surface area is 178 Å². The van der Waals surface area contributed by atoms with Gasteiger partial charge in [0.05, 0.1) is 13.5 Å². The summed E-state index contributed by atoms with van der Waals surface area (Å²) in [6.45, 7) is 3.88. The van der Waals surface area contributed by atoms with Crippen LogP contribution in [0.3, 0.4) is 0 Å². The van der Waals surface area contributed by atoms with Crippen LogP contribution in [0.4, 0.5) is 0 Å². The van der Waals surface area contributed by atoms with E-state index < -0.39 is 0 Å². The van der Waals surface area contributed by atoms with Gasteiger partial charge in [-0.2, -0.15) is 0 Å². The van der Waals surface area contributed by atoms with Crippen LogP contribution in [0.15, 0.2) is 54.7 Å². The first-order valence-corrected chi connectivity index (χ1v) is 10.8. The lowest BCUT2D eigenvalue weighted by Crippen LogP contribution is -2.40. The molecule has 0 saturated carbocycles. The van der Waals surface area contributed by atoms with Crippen LogP contribution in [0.5, 0.6) is 5.75 Å². The summed E-state index contributed by atoms with van der Waals surface area (Å²) in [5, 5.41) is 4.49. The number of rotatable bonds is 7. The van der Waals surface area contributed by atoms with Crippen LogP contribution in [0.2, 0.25) is 0 Å². The molecule has 1 aliphatic heterocycles. The van der Waals surface area contributed by atoms with Crippen molar-refractivity contribution in [1.29, 1.82) is 0 Å². The minimum atomic E-state index is 0.0892. The number of para-hydroxylation sites is 1. The predicted molar refractivity (Wildman–Crippen MR) is 121 cm³/mol. The maximum atomic E-state index is 12.4. The van der Waals surface area contributed by atoms with Crippen molar-refractivity contribution in [2.24, 2.45) is 13.0 Å². The lowest BCUT2D eigenvalue weighted by Gasteiger charge is -2.32. The second kappa shape index (κ2) is 9.35. The summed E-state index contributed by atoms with van der Waals surface area (Å²) in [4.78, 5) is 14.9. The highest BCUT2D eigenvalue weighted by Crippen LogP contribution is 2.24. The van der Waals surface area contributed by atoms with Crippen molar-refractivity contribution < 1.29 is 9.53 Å². The molecular weight excluding hydrogens is 374 g/mol. The first-order valence-electron chi connectivity index (χ1n) is 10.8. The number of methoxy groups -OCH3 is 1. The lowest BCUT2D eigenvalue weighted by molar-refractivity contribution is -0.120. The summed E-state index contributed by atoms with van der Waals surface area (Å²) in [6, 6.07) is 16.3. The SMILES string of the molecule is COc1ccc(CC(=O)NC[C@H]2CCCN(Cc3cn(C)c4ccccc34)C2)cc1. The largest absolute Gasteiger partial charge is 0.497 e. The van der Waals surface area contributed by atoms with Crippen molar-refractivity contribution in [3.05, 3.63) is 65.9 Å². The highest BCUT2D eigenvalue weighted by molar-refractivity contribution is 5.83. The van der Waals surface area contributed by atoms with Gasteiger partial charge in [0.25, 0.3) is 0 Å². The van der Waals surface area contributed by atoms with Crippen molar-refractivity contribution in [3.63, 3.8) is 0 Å². The number of piperidine rings is 1. The van der Waals surface area contributed by atoms with Gasteiger partial charge in [-0.15, -0.1) is 0 Å². The van der Waals surface area contributed by atoms with Gasteiger partial charge < -0.3 is 14.6 Å². The Morgan fingerprint density at radius 3 is 2.77 bits per heavy atom. The molecule has 158 valence electrons. The Hall–Kier alpha value is -2.79. The Morgan fingerprint density at radius 2 is 1.97 bits per heavy atom. The molecule has 1 aromatic heterocycles. The first kappa shape index (κ1) is 20.5. The minimum Gasteiger partial charge on any atom is -0.497 e. The first-order chi connectivity index (χ1) is 14.6. The summed E-state index contributed by atoms with van der Waals surface area (Å²) in [5.41, 5.74) is 3.68. The summed E-state index contributed by atoms with van der Waals surface area (Å²) >= 11 is 0. The zero-order valence-corrected chi connectivity index (χ0v) is 17.9. The monoisotopic (exact) mass is 405 g/mol. The van der Waals surface area contributed by atoms with Crippen LogP contribution < -0.4 is 10.1 Å². The van der Waals surface area contributed by atoms with Crippen LogP contribution >= 0.6 is 0 Å². The zero-order chi connectivity index (χ0) is 20.9. The highest BCUT2D eigenvalue weighted by atomic mass is 16.5. The summed E-state index contributed by atoms with van der Waals surface area (Å²) in [5.74, 6) is 1.41. The third-order valence-electron chi connectivity index (χ3n) is 6.09. The summed E-state index contributed by atoms with van der Waals surface area (Å²) in [6.07, 6.45) is 5.03. The Balaban J connectivity index is 1.29. The van der Waals surface area contributed by atoms with Crippen LogP contribution in [-0.4, -0.2) is 42.1 Å². The molecule has 2 heterocycles. The van der Waals surface area contributed by atoms with E-state index >= 15 is 0 Å². The van der Waals surface area contributed by atoms with Crippen molar-refractivity contribution in [2.45, 2.75) is 25.8 Å². The molecule has 4 rings (SSSR count). The molecular formula is C25H31N3O2. The number of fused-ring (bicyclic) bond motifs is 1. The number of likely N-dealkylation sites (tertiary alicyclic amines) is 1. The predicted octanol–water partition coefficient (Wildman–Crippen LogP) is 3.76. The second-order valence-corrected chi connectivity index (χ2v) is 8.35. The highest BCUT2D eigenvalue weighted by Gasteiger charge is 2.21. The van der Waals surface area contributed by atoms with E-state index in [1.807, 2.05) is 24.3 Å². The number of ether oxygens (including phenoxy) is 1. The van der Waals surface area contributed by atoms with E-state index in [1.165, 1.54) is 29.3 Å². The van der Waals surface area contributed by atoms with Crippen molar-refractivity contribution in [2.75, 3.05) is 26.7 Å². The van der Waals surface area contributed by atoms with E-state index in [-0.39, 0.29) is 5.91 Å². The molecule has 1 atom stereocenters. The topological polar surface area (TPSA) is 46.5 Å². The van der Waals surface area contributed by atoms with Gasteiger partial charge in [0.15, 0.2) is 0 Å². The zero-order valence-electron chi connectivity index (χ0n) is 17.9. The number of benzene rings is 2. The average Bonchev–Trinajstić information content (AvgIpc) is 3.09. The molecule has 1 saturated heterocycles. The molecule has 0 aliphatic carbocycles. The second-order valence-electron chi connectivity index (χ2n) is 8.35. The maximum absolute atomic E-state index is 12.4. The normalized spacial score (nSPS) is 17.2. The van der Waals surface area contributed by atoms with Crippen LogP contribution in [0, 0.1) is 5.92 Å². The van der Waals surface area contributed by atoms with Crippen LogP contribution in [0.25, 0.3) is 10.9 Å². The fraction of sp³-hybridized carbons (Fsp3) is 0.400. The van der Waals surface area contributed by atoms with Gasteiger partial charge in [0.2, 0.25) is 5.91 Å². The number of amides is 1. The van der Waals surface area contributed by atoms with E-state index in [9.17, 15) is 4.79 Å². The van der Waals surface area contributed by atoms with E-state index in [4.69, 9.17) is 4.74 Å². The third kappa shape index (κ3) is 4.85. The van der Waals surface area contributed by atoms with E-state index in [1.54, 1.807) is 7.11 Å². The maximum Gasteiger partial charge on any atom is 0.224 e. The van der Waals surface area contributed by atoms with E-state index in [0.717, 1.165) is 37.5 Å². The number of nitrogens with zero attached hydrogens (tertiary/aromatic N) is 2. The molecule has 1 amide bonds. The van der Waals surface area contributed by atoms with Crippen molar-refractivity contribution in [3.8, 4) is 5.75 Å². The van der Waals surface area contributed by atoms with Crippen molar-refractivity contribution >= 4 is 16.8 Å². The number of aryl methyl sites for hydroxylation is 1. The number of hydrogen-bond acceptors (Lipinski definition) is 3. The molecule has 1 aliphatic rings. The molecule has 5 heteroatoms. The number of aromatic nitrogens is 1. The average molecular weight is 406 g/mol. The number of carbonyl (C=O) groups excluding carboxylic acids is 1. The Bertz CT molecular complexity index is 993. The molecule has 3 aromatic rings. The van der Waals surface area contributed by atoms with Gasteiger partial charge in [-0.25, -0.2) is 0 Å². The molecule has 1 N–H and O–H groups in total. The molecule has 0 bridgehead atoms. The van der Waals surface area contributed by atoms with Gasteiger partial charge in [-0.1, -0.05) is 30.3 Å². The van der Waals surface area contributed by atoms with Gasteiger partial charge in [0, 0.05) is 43.8 Å². The van der Waals surface area contributed by atoms with E-state index in [2.05, 4.69) is 52.3 Å². The van der Waals surface area contributed by atoms with E-state index in [0.29, 0.717) is 12.3 Å². The lowest BCUT2D eigenvalue weighted by atomic mass is 9.97. The molecule has 5 nitrogen and oxygen atoms in total. The fourth-order valence-electron chi connectivity index (χ4n) is 4.50. The van der Waals surface area contributed by atoms with Gasteiger partial charge >= 0.3 is 0 Å². The van der Waals surface area contributed by atoms with Crippen molar-refractivity contribution in [1.82, 2.24) is 14.8 Å². The number of nitrogens with one attached hydrogen (secondary N) is 1. The molecule has 30 heavy (non-hydrogen) atoms. The summed E-state index contributed by atoms with van der Waals surface area (Å²) in [7, 11) is 3.76. The van der Waals surface area contributed by atoms with Crippen LogP contribution in [0.1, 0.15) is 24.0 Å². The Kier molecular flexibility index (Phi) is 6.38. The fourth-order valence-corrected chi connectivity index (χ4v) is 4.50. The quantitative estimate of drug-likeness (QED) is 0.651. The smallest absolute Gasteiger partial charge is 0.224 e. The number of hydrogen-bond donors (Lipinski definition) is 1. The molecule has 0 unspecified atom stereocenters. The Morgan fingerprint density at radius 1 is 1.17 bits per heavy atom. The van der Waals surface area contributed by atoms with Gasteiger partial charge in [-0.05, 0) is 54.6 Å². The standard InChI is InChI=1S/C25H31N3O2/c1-27-17-21(23-7-3-4-8-24(23)27)18-28-13-5-6-20(16-28)15-26-25(29)14-19-9-11-22(30-2)12-10-19/h3-4,7-12,17,20H,5-6,13-16,18H2,1-2H3,(H,26,29)/t20-/m1/s1. The van der Waals surface area contributed by atoms with Crippen LogP contribution in [-0.2, 0) is 24.8 Å². The third-order valence-corrected chi connectivity index (χ3v) is 6.09. The minimum absolute atomic E-state index is 0.0892. The van der Waals surface area contributed by atoms with Gasteiger partial charge in [-0.3, -0.25) is 9.69 Å². The van der Waals surface area contributed by atoms with Gasteiger partial charge in [0.1, 0.15) is 5.75 Å². The molecule has 2 aromatic carbocycles.